The van der Waals surface area contributed by atoms with Gasteiger partial charge in [-0.1, -0.05) is 61.0 Å². The first kappa shape index (κ1) is 26.8. The first-order valence-corrected chi connectivity index (χ1v) is 12.8. The van der Waals surface area contributed by atoms with Gasteiger partial charge in [-0.05, 0) is 60.9 Å². The molecule has 3 aromatic carbocycles. The molecule has 0 radical (unpaired) electrons. The fraction of sp³-hybridized carbons (Fsp3) is 0.207. The Labute approximate surface area is 226 Å². The zero-order valence-corrected chi connectivity index (χ0v) is 21.9. The Morgan fingerprint density at radius 1 is 0.947 bits per heavy atom. The number of nitrogens with one attached hydrogen (secondary N) is 3. The van der Waals surface area contributed by atoms with Crippen LogP contribution in [0.25, 0.3) is 5.70 Å². The lowest BCUT2D eigenvalue weighted by molar-refractivity contribution is -0.138. The third kappa shape index (κ3) is 6.15. The third-order valence-electron chi connectivity index (χ3n) is 5.90. The molecule has 0 fully saturated rings. The molecule has 9 heteroatoms. The number of anilines is 2. The number of urea groups is 2. The monoisotopic (exact) mass is 532 g/mol. The molecule has 1 unspecified atom stereocenters. The number of esters is 1. The number of ether oxygens (including phenoxy) is 1. The van der Waals surface area contributed by atoms with Crippen molar-refractivity contribution in [2.45, 2.75) is 26.3 Å². The summed E-state index contributed by atoms with van der Waals surface area (Å²) >= 11 is 5.91. The van der Waals surface area contributed by atoms with Gasteiger partial charge in [-0.2, -0.15) is 0 Å². The van der Waals surface area contributed by atoms with Crippen molar-refractivity contribution in [1.82, 2.24) is 10.2 Å². The van der Waals surface area contributed by atoms with Crippen LogP contribution in [0.5, 0.6) is 0 Å². The van der Waals surface area contributed by atoms with Crippen LogP contribution >= 0.6 is 11.6 Å². The Morgan fingerprint density at radius 3 is 2.34 bits per heavy atom. The molecule has 3 N–H and O–H groups in total. The van der Waals surface area contributed by atoms with Crippen LogP contribution in [0.15, 0.2) is 84.4 Å². The second-order valence-electron chi connectivity index (χ2n) is 8.59. The summed E-state index contributed by atoms with van der Waals surface area (Å²) < 4.78 is 5.45. The van der Waals surface area contributed by atoms with E-state index < -0.39 is 18.0 Å². The van der Waals surface area contributed by atoms with Crippen LogP contribution < -0.4 is 16.0 Å². The molecule has 0 saturated carbocycles. The predicted octanol–water partition coefficient (Wildman–Crippen LogP) is 6.43. The smallest absolute Gasteiger partial charge is 0.338 e. The lowest BCUT2D eigenvalue weighted by atomic mass is 9.91. The quantitative estimate of drug-likeness (QED) is 0.291. The number of hydrogen-bond donors (Lipinski definition) is 3. The minimum absolute atomic E-state index is 0.186. The van der Waals surface area contributed by atoms with E-state index in [0.717, 1.165) is 5.56 Å². The molecule has 8 nitrogen and oxygen atoms in total. The van der Waals surface area contributed by atoms with E-state index in [4.69, 9.17) is 16.3 Å². The van der Waals surface area contributed by atoms with Gasteiger partial charge in [-0.25, -0.2) is 14.4 Å². The molecule has 1 aliphatic rings. The van der Waals surface area contributed by atoms with Crippen molar-refractivity contribution in [2.24, 2.45) is 0 Å². The topological polar surface area (TPSA) is 99.8 Å². The maximum atomic E-state index is 13.4. The van der Waals surface area contributed by atoms with Crippen molar-refractivity contribution in [1.29, 1.82) is 0 Å². The average molecular weight is 533 g/mol. The Kier molecular flexibility index (Phi) is 8.66. The standard InChI is InChI=1S/C29H29ClN4O4/c1-3-17-34-26(19-9-6-5-7-10-19)24(27(35)38-4-2)25(33-29(34)37)20-11-8-12-23(18-20)32-28(36)31-22-15-13-21(30)14-16-22/h5-16,18,25H,3-4,17H2,1-2H3,(H,33,37)(H2,31,32,36). The summed E-state index contributed by atoms with van der Waals surface area (Å²) in [5, 5.41) is 9.08. The molecule has 38 heavy (non-hydrogen) atoms. The Bertz CT molecular complexity index is 1340. The number of halogens is 1. The fourth-order valence-electron chi connectivity index (χ4n) is 4.30. The SMILES string of the molecule is CCCN1C(=O)NC(c2cccc(NC(=O)Nc3ccc(Cl)cc3)c2)C(C(=O)OCC)=C1c1ccccc1. The molecule has 0 spiro atoms. The van der Waals surface area contributed by atoms with E-state index >= 15 is 0 Å². The van der Waals surface area contributed by atoms with E-state index in [1.807, 2.05) is 37.3 Å². The highest BCUT2D eigenvalue weighted by Gasteiger charge is 2.38. The van der Waals surface area contributed by atoms with E-state index in [2.05, 4.69) is 16.0 Å². The zero-order chi connectivity index (χ0) is 27.1. The van der Waals surface area contributed by atoms with E-state index in [1.165, 1.54) is 0 Å². The van der Waals surface area contributed by atoms with Crippen LogP contribution in [0, 0.1) is 0 Å². The summed E-state index contributed by atoms with van der Waals surface area (Å²) in [4.78, 5) is 40.9. The molecule has 0 aliphatic carbocycles. The summed E-state index contributed by atoms with van der Waals surface area (Å²) in [6.45, 7) is 4.32. The minimum Gasteiger partial charge on any atom is -0.463 e. The molecular weight excluding hydrogens is 504 g/mol. The number of rotatable bonds is 8. The van der Waals surface area contributed by atoms with Crippen LogP contribution in [0.3, 0.4) is 0 Å². The van der Waals surface area contributed by atoms with Crippen molar-refractivity contribution in [2.75, 3.05) is 23.8 Å². The van der Waals surface area contributed by atoms with Crippen LogP contribution in [0.1, 0.15) is 37.4 Å². The number of benzene rings is 3. The summed E-state index contributed by atoms with van der Waals surface area (Å²) in [5.74, 6) is -0.517. The van der Waals surface area contributed by atoms with Gasteiger partial charge in [-0.15, -0.1) is 0 Å². The maximum Gasteiger partial charge on any atom is 0.338 e. The maximum absolute atomic E-state index is 13.4. The van der Waals surface area contributed by atoms with Gasteiger partial charge in [0, 0.05) is 22.9 Å². The van der Waals surface area contributed by atoms with Crippen molar-refractivity contribution in [3.05, 3.63) is 101 Å². The van der Waals surface area contributed by atoms with Gasteiger partial charge < -0.3 is 20.7 Å². The molecule has 0 aromatic heterocycles. The molecule has 4 amide bonds. The van der Waals surface area contributed by atoms with Gasteiger partial charge in [0.1, 0.15) is 0 Å². The van der Waals surface area contributed by atoms with E-state index in [9.17, 15) is 14.4 Å². The number of nitrogens with zero attached hydrogens (tertiary/aromatic N) is 1. The highest BCUT2D eigenvalue weighted by atomic mass is 35.5. The Morgan fingerprint density at radius 2 is 1.66 bits per heavy atom. The second-order valence-corrected chi connectivity index (χ2v) is 9.03. The van der Waals surface area contributed by atoms with E-state index in [-0.39, 0.29) is 12.6 Å². The van der Waals surface area contributed by atoms with E-state index in [1.54, 1.807) is 60.4 Å². The van der Waals surface area contributed by atoms with E-state index in [0.29, 0.717) is 46.2 Å². The molecule has 1 aliphatic heterocycles. The number of carbonyl (C=O) groups excluding carboxylic acids is 3. The summed E-state index contributed by atoms with van der Waals surface area (Å²) in [5.41, 5.74) is 3.27. The zero-order valence-electron chi connectivity index (χ0n) is 21.2. The van der Waals surface area contributed by atoms with Gasteiger partial charge in [0.15, 0.2) is 0 Å². The third-order valence-corrected chi connectivity index (χ3v) is 6.15. The molecule has 1 atom stereocenters. The Balaban J connectivity index is 1.72. The van der Waals surface area contributed by atoms with Gasteiger partial charge in [0.2, 0.25) is 0 Å². The lowest BCUT2D eigenvalue weighted by Crippen LogP contribution is -2.48. The first-order chi connectivity index (χ1) is 18.4. The Hall–Kier alpha value is -4.30. The summed E-state index contributed by atoms with van der Waals surface area (Å²) in [7, 11) is 0. The van der Waals surface area contributed by atoms with Crippen LogP contribution in [-0.4, -0.2) is 36.1 Å². The number of amides is 4. The van der Waals surface area contributed by atoms with Gasteiger partial charge in [0.25, 0.3) is 0 Å². The highest BCUT2D eigenvalue weighted by Crippen LogP contribution is 2.37. The lowest BCUT2D eigenvalue weighted by Gasteiger charge is -2.37. The second kappa shape index (κ2) is 12.3. The van der Waals surface area contributed by atoms with Gasteiger partial charge in [-0.3, -0.25) is 4.90 Å². The molecule has 4 rings (SSSR count). The predicted molar refractivity (Wildman–Crippen MR) is 149 cm³/mol. The largest absolute Gasteiger partial charge is 0.463 e. The highest BCUT2D eigenvalue weighted by molar-refractivity contribution is 6.30. The van der Waals surface area contributed by atoms with Gasteiger partial charge in [0.05, 0.1) is 23.9 Å². The fourth-order valence-corrected chi connectivity index (χ4v) is 4.42. The van der Waals surface area contributed by atoms with Crippen LogP contribution in [-0.2, 0) is 9.53 Å². The molecule has 1 heterocycles. The molecule has 196 valence electrons. The summed E-state index contributed by atoms with van der Waals surface area (Å²) in [6.07, 6.45) is 0.701. The molecule has 0 saturated heterocycles. The van der Waals surface area contributed by atoms with Crippen molar-refractivity contribution < 1.29 is 19.1 Å². The minimum atomic E-state index is -0.786. The van der Waals surface area contributed by atoms with Crippen molar-refractivity contribution in [3.63, 3.8) is 0 Å². The van der Waals surface area contributed by atoms with Gasteiger partial charge >= 0.3 is 18.0 Å². The molecular formula is C29H29ClN4O4. The number of carbonyl (C=O) groups is 3. The van der Waals surface area contributed by atoms with Crippen molar-refractivity contribution in [3.8, 4) is 0 Å². The van der Waals surface area contributed by atoms with Crippen LogP contribution in [0.2, 0.25) is 5.02 Å². The van der Waals surface area contributed by atoms with Crippen molar-refractivity contribution >= 4 is 46.7 Å². The molecule has 0 bridgehead atoms. The van der Waals surface area contributed by atoms with Crippen LogP contribution in [0.4, 0.5) is 21.0 Å². The number of hydrogen-bond acceptors (Lipinski definition) is 4. The first-order valence-electron chi connectivity index (χ1n) is 12.4. The summed E-state index contributed by atoms with van der Waals surface area (Å²) in [6, 6.07) is 21.5. The normalized spacial score (nSPS) is 15.1. The average Bonchev–Trinajstić information content (AvgIpc) is 2.91. The molecule has 3 aromatic rings.